The van der Waals surface area contributed by atoms with Gasteiger partial charge in [0.15, 0.2) is 11.5 Å². The van der Waals surface area contributed by atoms with Gasteiger partial charge in [0.1, 0.15) is 13.2 Å². The third-order valence-electron chi connectivity index (χ3n) is 3.17. The summed E-state index contributed by atoms with van der Waals surface area (Å²) in [5.41, 5.74) is 1.87. The van der Waals surface area contributed by atoms with E-state index in [4.69, 9.17) is 32.7 Å². The van der Waals surface area contributed by atoms with Crippen molar-refractivity contribution in [3.8, 4) is 11.5 Å². The molecule has 0 fully saturated rings. The largest absolute Gasteiger partial charge is 0.486 e. The maximum atomic E-state index is 6.62. The first kappa shape index (κ1) is 15.7. The highest BCUT2D eigenvalue weighted by Gasteiger charge is 2.20. The van der Waals surface area contributed by atoms with E-state index < -0.39 is 0 Å². The van der Waals surface area contributed by atoms with Crippen molar-refractivity contribution in [1.29, 1.82) is 0 Å². The van der Waals surface area contributed by atoms with E-state index in [1.54, 1.807) is 0 Å². The Kier molecular flexibility index (Phi) is 4.88. The molecule has 0 bridgehead atoms. The Bertz CT molecular complexity index is 694. The lowest BCUT2D eigenvalue weighted by molar-refractivity contribution is 0.171. The van der Waals surface area contributed by atoms with Gasteiger partial charge in [-0.2, -0.15) is 0 Å². The molecule has 0 aliphatic carbocycles. The Morgan fingerprint density at radius 2 is 1.76 bits per heavy atom. The molecule has 2 aromatic rings. The van der Waals surface area contributed by atoms with Crippen molar-refractivity contribution in [3.63, 3.8) is 0 Å². The summed E-state index contributed by atoms with van der Waals surface area (Å²) < 4.78 is 13.1. The SMILES string of the molecule is Clc1cc(C(Cl)c2cc3c(cc2Br)OCCO3)ccc1I. The lowest BCUT2D eigenvalue weighted by atomic mass is 10.0. The number of alkyl halides is 1. The Balaban J connectivity index is 2.00. The van der Waals surface area contributed by atoms with Crippen molar-refractivity contribution >= 4 is 61.7 Å². The van der Waals surface area contributed by atoms with Gasteiger partial charge < -0.3 is 9.47 Å². The van der Waals surface area contributed by atoms with E-state index in [9.17, 15) is 0 Å². The van der Waals surface area contributed by atoms with Crippen LogP contribution < -0.4 is 9.47 Å². The van der Waals surface area contributed by atoms with Gasteiger partial charge in [0.2, 0.25) is 0 Å². The number of ether oxygens (including phenoxy) is 2. The molecule has 1 atom stereocenters. The smallest absolute Gasteiger partial charge is 0.162 e. The third kappa shape index (κ3) is 3.28. The standard InChI is InChI=1S/C15H10BrCl2IO2/c16-10-7-14-13(20-3-4-21-14)6-9(10)15(18)8-1-2-12(19)11(17)5-8/h1-2,5-7,15H,3-4H2. The van der Waals surface area contributed by atoms with Crippen LogP contribution in [0, 0.1) is 3.57 Å². The second kappa shape index (κ2) is 6.52. The van der Waals surface area contributed by atoms with Gasteiger partial charge in [-0.25, -0.2) is 0 Å². The van der Waals surface area contributed by atoms with Gasteiger partial charge in [-0.1, -0.05) is 33.6 Å². The molecule has 6 heteroatoms. The highest BCUT2D eigenvalue weighted by Crippen LogP contribution is 2.42. The number of rotatable bonds is 2. The normalized spacial score (nSPS) is 14.9. The molecule has 2 nitrogen and oxygen atoms in total. The molecule has 0 saturated carbocycles. The summed E-state index contributed by atoms with van der Waals surface area (Å²) in [6.45, 7) is 1.12. The summed E-state index contributed by atoms with van der Waals surface area (Å²) in [6.07, 6.45) is 0. The Hall–Kier alpha value is -0.170. The van der Waals surface area contributed by atoms with E-state index >= 15 is 0 Å². The summed E-state index contributed by atoms with van der Waals surface area (Å²) in [5, 5.41) is 0.386. The van der Waals surface area contributed by atoms with Gasteiger partial charge in [0.25, 0.3) is 0 Å². The van der Waals surface area contributed by atoms with Gasteiger partial charge in [-0.3, -0.25) is 0 Å². The molecule has 1 heterocycles. The summed E-state index contributed by atoms with van der Waals surface area (Å²) >= 11 is 18.5. The van der Waals surface area contributed by atoms with Crippen LogP contribution in [-0.4, -0.2) is 13.2 Å². The van der Waals surface area contributed by atoms with Crippen LogP contribution in [0.1, 0.15) is 16.5 Å². The molecule has 0 radical (unpaired) electrons. The summed E-state index contributed by atoms with van der Waals surface area (Å²) in [6, 6.07) is 9.65. The highest BCUT2D eigenvalue weighted by atomic mass is 127. The van der Waals surface area contributed by atoms with Crippen molar-refractivity contribution in [2.24, 2.45) is 0 Å². The minimum Gasteiger partial charge on any atom is -0.486 e. The summed E-state index contributed by atoms with van der Waals surface area (Å²) in [5.74, 6) is 1.46. The highest BCUT2D eigenvalue weighted by molar-refractivity contribution is 14.1. The molecule has 21 heavy (non-hydrogen) atoms. The number of halogens is 4. The second-order valence-electron chi connectivity index (χ2n) is 4.55. The first-order valence-corrected chi connectivity index (χ1v) is 8.93. The molecule has 1 unspecified atom stereocenters. The molecule has 2 aromatic carbocycles. The maximum Gasteiger partial charge on any atom is 0.162 e. The Morgan fingerprint density at radius 1 is 1.10 bits per heavy atom. The fraction of sp³-hybridized carbons (Fsp3) is 0.200. The minimum atomic E-state index is -0.315. The average molecular weight is 500 g/mol. The van der Waals surface area contributed by atoms with Crippen LogP contribution in [0.4, 0.5) is 0 Å². The molecule has 1 aliphatic rings. The average Bonchev–Trinajstić information content (AvgIpc) is 2.48. The number of benzene rings is 2. The Morgan fingerprint density at radius 3 is 2.43 bits per heavy atom. The van der Waals surface area contributed by atoms with Gasteiger partial charge in [-0.15, -0.1) is 11.6 Å². The van der Waals surface area contributed by atoms with Gasteiger partial charge in [-0.05, 0) is 58.0 Å². The van der Waals surface area contributed by atoms with Crippen LogP contribution in [0.15, 0.2) is 34.8 Å². The molecular formula is C15H10BrCl2IO2. The zero-order chi connectivity index (χ0) is 15.0. The zero-order valence-electron chi connectivity index (χ0n) is 10.7. The van der Waals surface area contributed by atoms with Gasteiger partial charge >= 0.3 is 0 Å². The number of fused-ring (bicyclic) bond motifs is 1. The quantitative estimate of drug-likeness (QED) is 0.384. The van der Waals surface area contributed by atoms with E-state index in [1.165, 1.54) is 0 Å². The predicted molar refractivity (Wildman–Crippen MR) is 97.0 cm³/mol. The first-order valence-electron chi connectivity index (χ1n) is 6.24. The van der Waals surface area contributed by atoms with Crippen molar-refractivity contribution in [2.75, 3.05) is 13.2 Å². The molecule has 0 spiro atoms. The molecule has 0 amide bonds. The molecular weight excluding hydrogens is 490 g/mol. The molecule has 0 aromatic heterocycles. The molecule has 1 aliphatic heterocycles. The molecule has 0 N–H and O–H groups in total. The minimum absolute atomic E-state index is 0.315. The van der Waals surface area contributed by atoms with Crippen LogP contribution in [0.25, 0.3) is 0 Å². The number of hydrogen-bond acceptors (Lipinski definition) is 2. The fourth-order valence-corrected chi connectivity index (χ4v) is 3.65. The van der Waals surface area contributed by atoms with Crippen molar-refractivity contribution in [3.05, 3.63) is 54.5 Å². The van der Waals surface area contributed by atoms with E-state index in [-0.39, 0.29) is 5.38 Å². The van der Waals surface area contributed by atoms with Crippen LogP contribution in [0.3, 0.4) is 0 Å². The van der Waals surface area contributed by atoms with Crippen LogP contribution in [0.5, 0.6) is 11.5 Å². The first-order chi connectivity index (χ1) is 10.1. The van der Waals surface area contributed by atoms with E-state index in [0.717, 1.165) is 30.7 Å². The Labute approximate surface area is 155 Å². The summed E-state index contributed by atoms with van der Waals surface area (Å²) in [4.78, 5) is 0. The zero-order valence-corrected chi connectivity index (χ0v) is 16.0. The van der Waals surface area contributed by atoms with E-state index in [0.29, 0.717) is 18.2 Å². The summed E-state index contributed by atoms with van der Waals surface area (Å²) in [7, 11) is 0. The van der Waals surface area contributed by atoms with Gasteiger partial charge in [0, 0.05) is 8.04 Å². The third-order valence-corrected chi connectivity index (χ3v) is 5.92. The van der Waals surface area contributed by atoms with Crippen molar-refractivity contribution in [1.82, 2.24) is 0 Å². The molecule has 110 valence electrons. The topological polar surface area (TPSA) is 18.5 Å². The lowest BCUT2D eigenvalue weighted by Crippen LogP contribution is -2.15. The van der Waals surface area contributed by atoms with E-state index in [1.807, 2.05) is 30.3 Å². The van der Waals surface area contributed by atoms with Crippen molar-refractivity contribution < 1.29 is 9.47 Å². The number of hydrogen-bond donors (Lipinski definition) is 0. The van der Waals surface area contributed by atoms with Crippen LogP contribution >= 0.6 is 61.7 Å². The predicted octanol–water partition coefficient (Wildman–Crippen LogP) is 5.81. The lowest BCUT2D eigenvalue weighted by Gasteiger charge is -2.21. The monoisotopic (exact) mass is 498 g/mol. The fourth-order valence-electron chi connectivity index (χ4n) is 2.12. The van der Waals surface area contributed by atoms with Crippen LogP contribution in [-0.2, 0) is 0 Å². The van der Waals surface area contributed by atoms with Crippen LogP contribution in [0.2, 0.25) is 5.02 Å². The molecule has 0 saturated heterocycles. The molecule has 3 rings (SSSR count). The second-order valence-corrected chi connectivity index (χ2v) is 7.41. The maximum absolute atomic E-state index is 6.62. The van der Waals surface area contributed by atoms with Gasteiger partial charge in [0.05, 0.1) is 10.4 Å². The van der Waals surface area contributed by atoms with E-state index in [2.05, 4.69) is 38.5 Å². The van der Waals surface area contributed by atoms with Crippen molar-refractivity contribution in [2.45, 2.75) is 5.38 Å².